The van der Waals surface area contributed by atoms with E-state index in [1.807, 2.05) is 0 Å². The predicted molar refractivity (Wildman–Crippen MR) is 83.3 cm³/mol. The fraction of sp³-hybridized carbons (Fsp3) is 0.500. The Bertz CT molecular complexity index is 774. The third-order valence-corrected chi connectivity index (χ3v) is 7.23. The van der Waals surface area contributed by atoms with Crippen LogP contribution in [0, 0.1) is 10.1 Å². The van der Waals surface area contributed by atoms with E-state index in [1.165, 1.54) is 0 Å². The summed E-state index contributed by atoms with van der Waals surface area (Å²) in [6.07, 6.45) is 0.168. The van der Waals surface area contributed by atoms with Gasteiger partial charge in [0.05, 0.1) is 20.8 Å². The molecule has 1 unspecified atom stereocenters. The van der Waals surface area contributed by atoms with E-state index in [4.69, 9.17) is 0 Å². The van der Waals surface area contributed by atoms with Gasteiger partial charge in [0.2, 0.25) is 10.0 Å². The smallest absolute Gasteiger partial charge is 0.269 e. The van der Waals surface area contributed by atoms with Crippen LogP contribution in [0.15, 0.2) is 29.2 Å². The van der Waals surface area contributed by atoms with Crippen LogP contribution in [0.1, 0.15) is 6.42 Å². The van der Waals surface area contributed by atoms with Crippen LogP contribution in [-0.4, -0.2) is 52.4 Å². The Morgan fingerprint density at radius 1 is 1.30 bits per heavy atom. The average Bonchev–Trinajstić information content (AvgIpc) is 2.49. The van der Waals surface area contributed by atoms with Crippen LogP contribution in [-0.2, 0) is 19.9 Å². The molecule has 1 aromatic rings. The van der Waals surface area contributed by atoms with Gasteiger partial charge in [0, 0.05) is 31.8 Å². The molecule has 1 heterocycles. The summed E-state index contributed by atoms with van der Waals surface area (Å²) in [5, 5.41) is 12.9. The fourth-order valence-corrected chi connectivity index (χ4v) is 4.90. The summed E-state index contributed by atoms with van der Waals surface area (Å²) in [5.74, 6) is 0.0484. The predicted octanol–water partition coefficient (Wildman–Crippen LogP) is -0.350. The summed E-state index contributed by atoms with van der Waals surface area (Å²) >= 11 is 0. The second-order valence-electron chi connectivity index (χ2n) is 5.13. The minimum Gasteiger partial charge on any atom is -0.314 e. The van der Waals surface area contributed by atoms with Gasteiger partial charge in [-0.05, 0) is 18.6 Å². The molecule has 1 saturated heterocycles. The minimum atomic E-state index is -3.83. The number of nitrogens with zero attached hydrogens (tertiary/aromatic N) is 1. The maximum atomic E-state index is 12.1. The first-order chi connectivity index (χ1) is 10.7. The highest BCUT2D eigenvalue weighted by molar-refractivity contribution is 7.92. The van der Waals surface area contributed by atoms with Gasteiger partial charge in [0.1, 0.15) is 0 Å². The van der Waals surface area contributed by atoms with E-state index < -0.39 is 30.0 Å². The van der Waals surface area contributed by atoms with Crippen LogP contribution in [0.25, 0.3) is 0 Å². The number of rotatable bonds is 6. The van der Waals surface area contributed by atoms with Gasteiger partial charge >= 0.3 is 0 Å². The number of hydrogen-bond acceptors (Lipinski definition) is 7. The minimum absolute atomic E-state index is 0.0229. The van der Waals surface area contributed by atoms with Crippen molar-refractivity contribution >= 4 is 25.5 Å². The topological polar surface area (TPSA) is 135 Å². The largest absolute Gasteiger partial charge is 0.314 e. The lowest BCUT2D eigenvalue weighted by molar-refractivity contribution is -0.384. The monoisotopic (exact) mass is 363 g/mol. The second kappa shape index (κ2) is 6.91. The van der Waals surface area contributed by atoms with Crippen LogP contribution in [0.5, 0.6) is 0 Å². The summed E-state index contributed by atoms with van der Waals surface area (Å²) in [6.45, 7) is 0.694. The fourth-order valence-electron chi connectivity index (χ4n) is 2.24. The molecule has 2 N–H and O–H groups in total. The van der Waals surface area contributed by atoms with E-state index in [0.717, 1.165) is 24.3 Å². The second-order valence-corrected chi connectivity index (χ2v) is 9.30. The van der Waals surface area contributed by atoms with Crippen molar-refractivity contribution in [3.8, 4) is 0 Å². The molecule has 1 aromatic carbocycles. The third kappa shape index (κ3) is 4.47. The number of non-ortho nitro benzene ring substituents is 1. The molecule has 23 heavy (non-hydrogen) atoms. The first kappa shape index (κ1) is 17.8. The van der Waals surface area contributed by atoms with E-state index in [-0.39, 0.29) is 29.3 Å². The first-order valence-corrected chi connectivity index (χ1v) is 10.1. The number of benzene rings is 1. The average molecular weight is 363 g/mol. The van der Waals surface area contributed by atoms with E-state index in [0.29, 0.717) is 13.1 Å². The van der Waals surface area contributed by atoms with Gasteiger partial charge in [0.15, 0.2) is 9.84 Å². The molecule has 0 aliphatic carbocycles. The highest BCUT2D eigenvalue weighted by Crippen LogP contribution is 2.16. The van der Waals surface area contributed by atoms with Crippen LogP contribution >= 0.6 is 0 Å². The number of sulfonamides is 1. The molecular formula is C12H17N3O6S2. The molecule has 0 amide bonds. The molecule has 0 radical (unpaired) electrons. The molecule has 0 saturated carbocycles. The Hall–Kier alpha value is -1.56. The molecule has 2 rings (SSSR count). The van der Waals surface area contributed by atoms with E-state index in [9.17, 15) is 26.9 Å². The molecule has 0 bridgehead atoms. The van der Waals surface area contributed by atoms with Crippen molar-refractivity contribution in [2.45, 2.75) is 16.6 Å². The van der Waals surface area contributed by atoms with E-state index in [1.54, 1.807) is 0 Å². The molecule has 1 aliphatic heterocycles. The number of nitro benzene ring substituents is 1. The van der Waals surface area contributed by atoms with Crippen molar-refractivity contribution in [3.63, 3.8) is 0 Å². The van der Waals surface area contributed by atoms with E-state index in [2.05, 4.69) is 10.0 Å². The Balaban J connectivity index is 1.97. The van der Waals surface area contributed by atoms with Crippen molar-refractivity contribution < 1.29 is 21.8 Å². The van der Waals surface area contributed by atoms with Crippen molar-refractivity contribution in [3.05, 3.63) is 34.4 Å². The van der Waals surface area contributed by atoms with Gasteiger partial charge < -0.3 is 5.32 Å². The first-order valence-electron chi connectivity index (χ1n) is 6.89. The Morgan fingerprint density at radius 2 is 1.96 bits per heavy atom. The molecule has 1 fully saturated rings. The zero-order chi connectivity index (χ0) is 17.1. The number of nitrogens with one attached hydrogen (secondary N) is 2. The maximum absolute atomic E-state index is 12.1. The van der Waals surface area contributed by atoms with Gasteiger partial charge in [-0.2, -0.15) is 0 Å². The number of nitro groups is 1. The number of hydrogen-bond donors (Lipinski definition) is 2. The van der Waals surface area contributed by atoms with E-state index >= 15 is 0 Å². The molecule has 1 atom stereocenters. The Kier molecular flexibility index (Phi) is 5.34. The molecular weight excluding hydrogens is 346 g/mol. The zero-order valence-electron chi connectivity index (χ0n) is 12.1. The van der Waals surface area contributed by atoms with Crippen molar-refractivity contribution in [1.82, 2.24) is 10.0 Å². The van der Waals surface area contributed by atoms with Gasteiger partial charge in [0.25, 0.3) is 5.69 Å². The summed E-state index contributed by atoms with van der Waals surface area (Å²) < 4.78 is 50.1. The summed E-state index contributed by atoms with van der Waals surface area (Å²) in [5.41, 5.74) is -0.205. The van der Waals surface area contributed by atoms with Crippen LogP contribution < -0.4 is 10.0 Å². The molecule has 11 heteroatoms. The van der Waals surface area contributed by atoms with Crippen molar-refractivity contribution in [2.75, 3.05) is 25.4 Å². The molecule has 0 spiro atoms. The maximum Gasteiger partial charge on any atom is 0.269 e. The lowest BCUT2D eigenvalue weighted by Crippen LogP contribution is -2.45. The summed E-state index contributed by atoms with van der Waals surface area (Å²) in [4.78, 5) is 9.82. The van der Waals surface area contributed by atoms with Crippen LogP contribution in [0.2, 0.25) is 0 Å². The van der Waals surface area contributed by atoms with Crippen molar-refractivity contribution in [2.24, 2.45) is 0 Å². The zero-order valence-corrected chi connectivity index (χ0v) is 13.8. The van der Waals surface area contributed by atoms with Gasteiger partial charge in [-0.25, -0.2) is 21.6 Å². The number of sulfone groups is 1. The normalized spacial score (nSPS) is 21.0. The van der Waals surface area contributed by atoms with Gasteiger partial charge in [-0.1, -0.05) is 0 Å². The summed E-state index contributed by atoms with van der Waals surface area (Å²) in [7, 11) is -7.02. The highest BCUT2D eigenvalue weighted by Gasteiger charge is 2.28. The van der Waals surface area contributed by atoms with Gasteiger partial charge in [-0.15, -0.1) is 0 Å². The highest BCUT2D eigenvalue weighted by atomic mass is 32.2. The third-order valence-electron chi connectivity index (χ3n) is 3.56. The Labute approximate surface area is 134 Å². The summed E-state index contributed by atoms with van der Waals surface area (Å²) in [6, 6.07) is 4.48. The van der Waals surface area contributed by atoms with Crippen LogP contribution in [0.3, 0.4) is 0 Å². The van der Waals surface area contributed by atoms with Crippen LogP contribution in [0.4, 0.5) is 5.69 Å². The van der Waals surface area contributed by atoms with Gasteiger partial charge in [-0.3, -0.25) is 10.1 Å². The Morgan fingerprint density at radius 3 is 2.52 bits per heavy atom. The van der Waals surface area contributed by atoms with Crippen molar-refractivity contribution in [1.29, 1.82) is 0 Å². The lowest BCUT2D eigenvalue weighted by Gasteiger charge is -2.23. The standard InChI is InChI=1S/C12H17N3O6S2/c16-15(17)10-1-3-11(4-2-10)23(20,21)14-6-5-12-9-13-7-8-22(12,18)19/h1-4,12-14H,5-9H2. The molecule has 0 aromatic heterocycles. The lowest BCUT2D eigenvalue weighted by atomic mass is 10.3. The molecule has 9 nitrogen and oxygen atoms in total. The quantitative estimate of drug-likeness (QED) is 0.521. The molecule has 128 valence electrons. The molecule has 1 aliphatic rings. The SMILES string of the molecule is O=[N+]([O-])c1ccc(S(=O)(=O)NCCC2CNCCS2(=O)=O)cc1.